The van der Waals surface area contributed by atoms with Crippen LogP contribution in [-0.2, 0) is 0 Å². The summed E-state index contributed by atoms with van der Waals surface area (Å²) in [5.41, 5.74) is 0. The monoisotopic (exact) mass is 268 g/mol. The van der Waals surface area contributed by atoms with Gasteiger partial charge in [0.15, 0.2) is 5.96 Å². The van der Waals surface area contributed by atoms with Crippen molar-refractivity contribution in [2.75, 3.05) is 40.3 Å². The lowest BCUT2D eigenvalue weighted by atomic mass is 10.3. The van der Waals surface area contributed by atoms with Crippen LogP contribution in [0.15, 0.2) is 4.99 Å². The third-order valence-electron chi connectivity index (χ3n) is 2.28. The molecule has 7 heteroatoms. The van der Waals surface area contributed by atoms with Crippen LogP contribution in [-0.4, -0.2) is 57.3 Å². The smallest absolute Gasteiger partial charge is 0.356 e. The topological polar surface area (TPSA) is 39.7 Å². The number of hydrogen-bond acceptors (Lipinski definition) is 2. The summed E-state index contributed by atoms with van der Waals surface area (Å²) in [5, 5.41) is 6.07. The molecule has 0 atom stereocenters. The quantitative estimate of drug-likeness (QED) is 0.417. The molecule has 0 bridgehead atoms. The van der Waals surface area contributed by atoms with Gasteiger partial charge < -0.3 is 10.6 Å². The minimum Gasteiger partial charge on any atom is -0.356 e. The molecule has 0 aliphatic rings. The second kappa shape index (κ2) is 9.02. The second-order valence-electron chi connectivity index (χ2n) is 4.13. The largest absolute Gasteiger partial charge is 0.401 e. The first-order valence-electron chi connectivity index (χ1n) is 6.09. The summed E-state index contributed by atoms with van der Waals surface area (Å²) in [6, 6.07) is 0. The maximum absolute atomic E-state index is 12.1. The van der Waals surface area contributed by atoms with Gasteiger partial charge >= 0.3 is 6.18 Å². The van der Waals surface area contributed by atoms with Gasteiger partial charge in [-0.2, -0.15) is 13.2 Å². The summed E-state index contributed by atoms with van der Waals surface area (Å²) >= 11 is 0. The lowest BCUT2D eigenvalue weighted by Gasteiger charge is -2.19. The fourth-order valence-electron chi connectivity index (χ4n) is 1.35. The highest BCUT2D eigenvalue weighted by molar-refractivity contribution is 5.79. The number of rotatable bonds is 7. The summed E-state index contributed by atoms with van der Waals surface area (Å²) in [6.07, 6.45) is -2.03. The summed E-state index contributed by atoms with van der Waals surface area (Å²) in [6.45, 7) is 2.75. The minimum atomic E-state index is -4.14. The fraction of sp³-hybridized carbons (Fsp3) is 0.909. The maximum atomic E-state index is 12.1. The van der Waals surface area contributed by atoms with Crippen LogP contribution >= 0.6 is 0 Å². The van der Waals surface area contributed by atoms with Crippen LogP contribution in [0.2, 0.25) is 0 Å². The summed E-state index contributed by atoms with van der Waals surface area (Å²) in [5.74, 6) is 0.629. The number of nitrogens with zero attached hydrogens (tertiary/aromatic N) is 2. The predicted octanol–water partition coefficient (Wildman–Crippen LogP) is 1.45. The zero-order chi connectivity index (χ0) is 14.0. The number of guanidine groups is 1. The van der Waals surface area contributed by atoms with Crippen molar-refractivity contribution in [3.05, 3.63) is 0 Å². The third kappa shape index (κ3) is 10.2. The van der Waals surface area contributed by atoms with Crippen molar-refractivity contribution in [3.63, 3.8) is 0 Å². The van der Waals surface area contributed by atoms with Crippen molar-refractivity contribution in [1.82, 2.24) is 15.5 Å². The van der Waals surface area contributed by atoms with Crippen molar-refractivity contribution >= 4 is 5.96 Å². The van der Waals surface area contributed by atoms with E-state index in [0.717, 1.165) is 19.4 Å². The number of halogens is 3. The van der Waals surface area contributed by atoms with E-state index < -0.39 is 12.7 Å². The molecular weight excluding hydrogens is 245 g/mol. The second-order valence-corrected chi connectivity index (χ2v) is 4.13. The molecule has 108 valence electrons. The molecule has 0 saturated carbocycles. The van der Waals surface area contributed by atoms with Gasteiger partial charge in [-0.25, -0.2) is 0 Å². The molecule has 0 fully saturated rings. The molecule has 0 saturated heterocycles. The number of alkyl halides is 3. The first kappa shape index (κ1) is 17.0. The first-order valence-corrected chi connectivity index (χ1v) is 6.09. The molecule has 0 aromatic heterocycles. The highest BCUT2D eigenvalue weighted by Crippen LogP contribution is 2.14. The Balaban J connectivity index is 3.74. The summed E-state index contributed by atoms with van der Waals surface area (Å²) in [7, 11) is 3.09. The number of hydrogen-bond donors (Lipinski definition) is 2. The van der Waals surface area contributed by atoms with Crippen LogP contribution in [0.5, 0.6) is 0 Å². The normalized spacial score (nSPS) is 12.9. The molecule has 0 aliphatic carbocycles. The van der Waals surface area contributed by atoms with Gasteiger partial charge in [0.05, 0.1) is 6.54 Å². The molecule has 0 radical (unpaired) electrons. The van der Waals surface area contributed by atoms with E-state index in [2.05, 4.69) is 22.5 Å². The van der Waals surface area contributed by atoms with Crippen LogP contribution in [0.25, 0.3) is 0 Å². The lowest BCUT2D eigenvalue weighted by molar-refractivity contribution is -0.142. The van der Waals surface area contributed by atoms with Crippen molar-refractivity contribution in [2.24, 2.45) is 4.99 Å². The zero-order valence-electron chi connectivity index (χ0n) is 11.3. The lowest BCUT2D eigenvalue weighted by Crippen LogP contribution is -2.42. The van der Waals surface area contributed by atoms with Gasteiger partial charge in [-0.05, 0) is 13.5 Å². The molecule has 4 nitrogen and oxygen atoms in total. The van der Waals surface area contributed by atoms with Crippen LogP contribution in [0.3, 0.4) is 0 Å². The molecule has 0 amide bonds. The highest BCUT2D eigenvalue weighted by Gasteiger charge is 2.28. The molecule has 2 N–H and O–H groups in total. The fourth-order valence-corrected chi connectivity index (χ4v) is 1.35. The van der Waals surface area contributed by atoms with Crippen molar-refractivity contribution < 1.29 is 13.2 Å². The van der Waals surface area contributed by atoms with Crippen LogP contribution in [0.4, 0.5) is 13.2 Å². The van der Waals surface area contributed by atoms with Gasteiger partial charge in [0.25, 0.3) is 0 Å². The molecule has 0 aliphatic heterocycles. The van der Waals surface area contributed by atoms with Crippen molar-refractivity contribution in [3.8, 4) is 0 Å². The minimum absolute atomic E-state index is 0.313. The Hall–Kier alpha value is -0.980. The van der Waals surface area contributed by atoms with Crippen LogP contribution in [0, 0.1) is 0 Å². The third-order valence-corrected chi connectivity index (χ3v) is 2.28. The Morgan fingerprint density at radius 1 is 1.22 bits per heavy atom. The summed E-state index contributed by atoms with van der Waals surface area (Å²) in [4.78, 5) is 5.21. The predicted molar refractivity (Wildman–Crippen MR) is 67.8 cm³/mol. The Labute approximate surface area is 107 Å². The highest BCUT2D eigenvalue weighted by atomic mass is 19.4. The molecule has 0 aromatic carbocycles. The number of likely N-dealkylation sites (N-methyl/N-ethyl adjacent to an activating group) is 1. The molecule has 0 heterocycles. The standard InChI is InChI=1S/C11H23F3N4/c1-4-5-6-16-10(15-2)17-7-8-18(3)9-11(12,13)14/h4-9H2,1-3H3,(H2,15,16,17). The molecule has 0 unspecified atom stereocenters. The van der Waals surface area contributed by atoms with Crippen LogP contribution in [0.1, 0.15) is 19.8 Å². The van der Waals surface area contributed by atoms with E-state index in [9.17, 15) is 13.2 Å². The molecule has 0 aromatic rings. The van der Waals surface area contributed by atoms with Crippen molar-refractivity contribution in [2.45, 2.75) is 25.9 Å². The molecule has 18 heavy (non-hydrogen) atoms. The van der Waals surface area contributed by atoms with Gasteiger partial charge in [-0.1, -0.05) is 13.3 Å². The zero-order valence-corrected chi connectivity index (χ0v) is 11.3. The van der Waals surface area contributed by atoms with E-state index in [1.807, 2.05) is 0 Å². The van der Waals surface area contributed by atoms with E-state index in [1.54, 1.807) is 7.05 Å². The van der Waals surface area contributed by atoms with Gasteiger partial charge in [-0.3, -0.25) is 9.89 Å². The van der Waals surface area contributed by atoms with Crippen molar-refractivity contribution in [1.29, 1.82) is 0 Å². The van der Waals surface area contributed by atoms with E-state index in [-0.39, 0.29) is 0 Å². The van der Waals surface area contributed by atoms with E-state index in [0.29, 0.717) is 19.0 Å². The number of unbranched alkanes of at least 4 members (excludes halogenated alkanes) is 1. The number of aliphatic imine (C=N–C) groups is 1. The Morgan fingerprint density at radius 3 is 2.33 bits per heavy atom. The van der Waals surface area contributed by atoms with Gasteiger partial charge in [0.2, 0.25) is 0 Å². The Bertz CT molecular complexity index is 241. The SMILES string of the molecule is CCCCNC(=NC)NCCN(C)CC(F)(F)F. The van der Waals surface area contributed by atoms with Gasteiger partial charge in [-0.15, -0.1) is 0 Å². The number of nitrogens with one attached hydrogen (secondary N) is 2. The van der Waals surface area contributed by atoms with Crippen LogP contribution < -0.4 is 10.6 Å². The molecular formula is C11H23F3N4. The van der Waals surface area contributed by atoms with Gasteiger partial charge in [0, 0.05) is 26.7 Å². The summed E-state index contributed by atoms with van der Waals surface area (Å²) < 4.78 is 36.2. The first-order chi connectivity index (χ1) is 8.39. The van der Waals surface area contributed by atoms with E-state index >= 15 is 0 Å². The molecule has 0 spiro atoms. The average molecular weight is 268 g/mol. The Kier molecular flexibility index (Phi) is 8.53. The van der Waals surface area contributed by atoms with Gasteiger partial charge in [0.1, 0.15) is 0 Å². The van der Waals surface area contributed by atoms with E-state index in [1.165, 1.54) is 11.9 Å². The molecule has 0 rings (SSSR count). The van der Waals surface area contributed by atoms with E-state index in [4.69, 9.17) is 0 Å². The maximum Gasteiger partial charge on any atom is 0.401 e. The Morgan fingerprint density at radius 2 is 1.83 bits per heavy atom. The average Bonchev–Trinajstić information content (AvgIpc) is 2.24.